The van der Waals surface area contributed by atoms with Crippen LogP contribution in [0.3, 0.4) is 0 Å². The Labute approximate surface area is 135 Å². The van der Waals surface area contributed by atoms with E-state index in [-0.39, 0.29) is 5.82 Å². The fraction of sp³-hybridized carbons (Fsp3) is 0.0588. The zero-order chi connectivity index (χ0) is 15.6. The number of fused-ring (bicyclic) bond motifs is 1. The molecule has 4 aromatic rings. The van der Waals surface area contributed by atoms with Crippen LogP contribution in [0.4, 0.5) is 4.39 Å². The summed E-state index contributed by atoms with van der Waals surface area (Å²) in [6.07, 6.45) is 1.57. The van der Waals surface area contributed by atoms with Gasteiger partial charge in [0.2, 0.25) is 5.89 Å². The van der Waals surface area contributed by atoms with Gasteiger partial charge in [-0.15, -0.1) is 0 Å². The third kappa shape index (κ3) is 2.98. The normalized spacial score (nSPS) is 11.2. The predicted molar refractivity (Wildman–Crippen MR) is 85.5 cm³/mol. The summed E-state index contributed by atoms with van der Waals surface area (Å²) in [6, 6.07) is 13.8. The molecule has 114 valence electrons. The lowest BCUT2D eigenvalue weighted by atomic mass is 10.2. The Morgan fingerprint density at radius 3 is 2.83 bits per heavy atom. The number of aromatic nitrogens is 2. The Bertz CT molecular complexity index is 931. The van der Waals surface area contributed by atoms with Gasteiger partial charge in [-0.3, -0.25) is 0 Å². The van der Waals surface area contributed by atoms with Crippen LogP contribution in [-0.4, -0.2) is 9.97 Å². The molecule has 0 aliphatic rings. The molecule has 0 bridgehead atoms. The highest BCUT2D eigenvalue weighted by molar-refractivity contribution is 7.98. The summed E-state index contributed by atoms with van der Waals surface area (Å²) < 4.78 is 24.3. The van der Waals surface area contributed by atoms with Crippen LogP contribution < -0.4 is 0 Å². The number of rotatable bonds is 4. The van der Waals surface area contributed by atoms with Gasteiger partial charge in [0.25, 0.3) is 5.22 Å². The second kappa shape index (κ2) is 5.89. The first-order chi connectivity index (χ1) is 11.3. The van der Waals surface area contributed by atoms with Crippen LogP contribution in [0.1, 0.15) is 5.69 Å². The lowest BCUT2D eigenvalue weighted by Gasteiger charge is -1.94. The second-order valence-corrected chi connectivity index (χ2v) is 5.82. The molecule has 0 aliphatic heterocycles. The average molecular weight is 326 g/mol. The zero-order valence-electron chi connectivity index (χ0n) is 11.9. The maximum absolute atomic E-state index is 13.2. The molecule has 2 aromatic heterocycles. The Balaban J connectivity index is 1.49. The van der Waals surface area contributed by atoms with E-state index >= 15 is 0 Å². The lowest BCUT2D eigenvalue weighted by molar-refractivity contribution is 0.489. The third-order valence-electron chi connectivity index (χ3n) is 3.24. The first-order valence-electron chi connectivity index (χ1n) is 6.97. The van der Waals surface area contributed by atoms with Gasteiger partial charge in [-0.2, -0.15) is 0 Å². The molecule has 6 heteroatoms. The van der Waals surface area contributed by atoms with E-state index in [4.69, 9.17) is 8.83 Å². The summed E-state index contributed by atoms with van der Waals surface area (Å²) in [4.78, 5) is 8.76. The standard InChI is InChI=1S/C17H11FN2O2S/c18-12-5-3-4-11(8-12)16-19-13(9-21-16)10-23-17-20-14-6-1-2-7-15(14)22-17/h1-9H,10H2. The molecule has 0 fully saturated rings. The van der Waals surface area contributed by atoms with Gasteiger partial charge in [0.1, 0.15) is 17.6 Å². The molecule has 4 nitrogen and oxygen atoms in total. The largest absolute Gasteiger partial charge is 0.444 e. The molecule has 0 saturated heterocycles. The number of halogens is 1. The van der Waals surface area contributed by atoms with Crippen LogP contribution in [0, 0.1) is 5.82 Å². The van der Waals surface area contributed by atoms with Gasteiger partial charge < -0.3 is 8.83 Å². The molecule has 0 unspecified atom stereocenters. The van der Waals surface area contributed by atoms with E-state index in [0.717, 1.165) is 16.8 Å². The molecule has 0 N–H and O–H groups in total. The van der Waals surface area contributed by atoms with Crippen molar-refractivity contribution in [2.24, 2.45) is 0 Å². The van der Waals surface area contributed by atoms with Gasteiger partial charge in [-0.05, 0) is 30.3 Å². The monoisotopic (exact) mass is 326 g/mol. The molecular formula is C17H11FN2O2S. The molecule has 2 aromatic carbocycles. The van der Waals surface area contributed by atoms with Crippen LogP contribution in [0.5, 0.6) is 0 Å². The van der Waals surface area contributed by atoms with Crippen LogP contribution >= 0.6 is 11.8 Å². The number of para-hydroxylation sites is 2. The number of benzene rings is 2. The van der Waals surface area contributed by atoms with Crippen LogP contribution in [0.15, 0.2) is 68.9 Å². The van der Waals surface area contributed by atoms with Gasteiger partial charge in [0, 0.05) is 11.3 Å². The van der Waals surface area contributed by atoms with E-state index in [1.165, 1.54) is 23.9 Å². The minimum atomic E-state index is -0.317. The van der Waals surface area contributed by atoms with Gasteiger partial charge in [-0.1, -0.05) is 30.0 Å². The van der Waals surface area contributed by atoms with Crippen molar-refractivity contribution in [1.82, 2.24) is 9.97 Å². The van der Waals surface area contributed by atoms with Crippen LogP contribution in [-0.2, 0) is 5.75 Å². The summed E-state index contributed by atoms with van der Waals surface area (Å²) in [7, 11) is 0. The fourth-order valence-corrected chi connectivity index (χ4v) is 2.89. The minimum absolute atomic E-state index is 0.317. The molecule has 0 radical (unpaired) electrons. The fourth-order valence-electron chi connectivity index (χ4n) is 2.18. The first-order valence-corrected chi connectivity index (χ1v) is 7.95. The van der Waals surface area contributed by atoms with Crippen LogP contribution in [0.25, 0.3) is 22.6 Å². The van der Waals surface area contributed by atoms with Crippen molar-refractivity contribution in [3.63, 3.8) is 0 Å². The number of nitrogens with zero attached hydrogens (tertiary/aromatic N) is 2. The van der Waals surface area contributed by atoms with Crippen molar-refractivity contribution in [3.8, 4) is 11.5 Å². The van der Waals surface area contributed by atoms with Gasteiger partial charge >= 0.3 is 0 Å². The maximum Gasteiger partial charge on any atom is 0.257 e. The zero-order valence-corrected chi connectivity index (χ0v) is 12.7. The molecule has 23 heavy (non-hydrogen) atoms. The van der Waals surface area contributed by atoms with E-state index < -0.39 is 0 Å². The van der Waals surface area contributed by atoms with Crippen molar-refractivity contribution >= 4 is 22.9 Å². The van der Waals surface area contributed by atoms with E-state index in [1.54, 1.807) is 18.4 Å². The molecule has 2 heterocycles. The van der Waals surface area contributed by atoms with Crippen molar-refractivity contribution in [2.45, 2.75) is 11.0 Å². The number of hydrogen-bond acceptors (Lipinski definition) is 5. The summed E-state index contributed by atoms with van der Waals surface area (Å²) in [6.45, 7) is 0. The van der Waals surface area contributed by atoms with E-state index in [9.17, 15) is 4.39 Å². The highest BCUT2D eigenvalue weighted by Gasteiger charge is 2.10. The molecule has 0 amide bonds. The topological polar surface area (TPSA) is 52.1 Å². The molecule has 0 atom stereocenters. The van der Waals surface area contributed by atoms with Crippen molar-refractivity contribution in [1.29, 1.82) is 0 Å². The molecule has 0 spiro atoms. The molecule has 0 saturated carbocycles. The predicted octanol–water partition coefficient (Wildman–Crippen LogP) is 4.91. The summed E-state index contributed by atoms with van der Waals surface area (Å²) in [5.74, 6) is 0.645. The SMILES string of the molecule is Fc1cccc(-c2nc(CSc3nc4ccccc4o3)co2)c1. The van der Waals surface area contributed by atoms with Gasteiger partial charge in [-0.25, -0.2) is 14.4 Å². The highest BCUT2D eigenvalue weighted by atomic mass is 32.2. The second-order valence-electron chi connectivity index (χ2n) is 4.89. The Hall–Kier alpha value is -2.60. The molecular weight excluding hydrogens is 315 g/mol. The molecule has 4 rings (SSSR count). The number of thioether (sulfide) groups is 1. The van der Waals surface area contributed by atoms with Gasteiger partial charge in [0.05, 0.1) is 5.69 Å². The number of hydrogen-bond donors (Lipinski definition) is 0. The summed E-state index contributed by atoms with van der Waals surface area (Å²) in [5.41, 5.74) is 2.95. The quantitative estimate of drug-likeness (QED) is 0.499. The first kappa shape index (κ1) is 14.0. The summed E-state index contributed by atoms with van der Waals surface area (Å²) >= 11 is 1.44. The van der Waals surface area contributed by atoms with Crippen molar-refractivity contribution in [3.05, 3.63) is 66.3 Å². The van der Waals surface area contributed by atoms with Crippen LogP contribution in [0.2, 0.25) is 0 Å². The Morgan fingerprint density at radius 2 is 1.96 bits per heavy atom. The van der Waals surface area contributed by atoms with Crippen molar-refractivity contribution in [2.75, 3.05) is 0 Å². The molecule has 0 aliphatic carbocycles. The van der Waals surface area contributed by atoms with Gasteiger partial charge in [0.15, 0.2) is 5.58 Å². The lowest BCUT2D eigenvalue weighted by Crippen LogP contribution is -1.83. The Morgan fingerprint density at radius 1 is 1.04 bits per heavy atom. The number of oxazole rings is 2. The minimum Gasteiger partial charge on any atom is -0.444 e. The van der Waals surface area contributed by atoms with E-state index in [0.29, 0.717) is 22.4 Å². The third-order valence-corrected chi connectivity index (χ3v) is 4.10. The highest BCUT2D eigenvalue weighted by Crippen LogP contribution is 2.27. The van der Waals surface area contributed by atoms with E-state index in [2.05, 4.69) is 9.97 Å². The van der Waals surface area contributed by atoms with Crippen molar-refractivity contribution < 1.29 is 13.2 Å². The maximum atomic E-state index is 13.2. The average Bonchev–Trinajstić information content (AvgIpc) is 3.19. The van der Waals surface area contributed by atoms with E-state index in [1.807, 2.05) is 24.3 Å². The Kier molecular flexibility index (Phi) is 3.59. The summed E-state index contributed by atoms with van der Waals surface area (Å²) in [5, 5.41) is 0.585. The smallest absolute Gasteiger partial charge is 0.257 e.